The molecule has 104 valence electrons. The Kier molecular flexibility index (Phi) is 3.67. The minimum atomic E-state index is 0.818. The van der Waals surface area contributed by atoms with Gasteiger partial charge in [0.15, 0.2) is 0 Å². The summed E-state index contributed by atoms with van der Waals surface area (Å²) >= 11 is 0. The summed E-state index contributed by atoms with van der Waals surface area (Å²) in [5.74, 6) is 2.75. The van der Waals surface area contributed by atoms with Crippen molar-refractivity contribution in [3.8, 4) is 5.75 Å². The number of methoxy groups -OCH3 is 1. The molecule has 1 saturated carbocycles. The van der Waals surface area contributed by atoms with Crippen LogP contribution in [0.15, 0.2) is 12.1 Å². The molecule has 1 fully saturated rings. The smallest absolute Gasteiger partial charge is 0.142 e. The predicted molar refractivity (Wildman–Crippen MR) is 80.0 cm³/mol. The lowest BCUT2D eigenvalue weighted by Crippen LogP contribution is -2.31. The molecule has 2 heteroatoms. The van der Waals surface area contributed by atoms with E-state index in [2.05, 4.69) is 24.4 Å². The molecule has 1 atom stereocenters. The maximum absolute atomic E-state index is 5.49. The second-order valence-electron chi connectivity index (χ2n) is 6.18. The number of hydrogen-bond acceptors (Lipinski definition) is 2. The second kappa shape index (κ2) is 5.44. The fourth-order valence-corrected chi connectivity index (χ4v) is 3.86. The molecule has 1 aliphatic heterocycles. The summed E-state index contributed by atoms with van der Waals surface area (Å²) in [5, 5.41) is 3.65. The van der Waals surface area contributed by atoms with Gasteiger partial charge >= 0.3 is 0 Å². The summed E-state index contributed by atoms with van der Waals surface area (Å²) in [6.45, 7) is 3.35. The zero-order valence-electron chi connectivity index (χ0n) is 12.2. The number of hydrogen-bond donors (Lipinski definition) is 1. The Bertz CT molecular complexity index is 449. The maximum Gasteiger partial charge on any atom is 0.142 e. The van der Waals surface area contributed by atoms with Gasteiger partial charge in [0.1, 0.15) is 5.75 Å². The summed E-state index contributed by atoms with van der Waals surface area (Å²) in [7, 11) is 1.76. The summed E-state index contributed by atoms with van der Waals surface area (Å²) in [6, 6.07) is 4.28. The topological polar surface area (TPSA) is 21.3 Å². The van der Waals surface area contributed by atoms with E-state index in [1.165, 1.54) is 55.3 Å². The average molecular weight is 259 g/mol. The molecule has 1 aromatic carbocycles. The van der Waals surface area contributed by atoms with E-state index in [1.807, 2.05) is 0 Å². The Labute approximate surface area is 116 Å². The lowest BCUT2D eigenvalue weighted by atomic mass is 9.75. The summed E-state index contributed by atoms with van der Waals surface area (Å²) in [5.41, 5.74) is 4.14. The third kappa shape index (κ3) is 2.45. The monoisotopic (exact) mass is 259 g/mol. The number of rotatable bonds is 2. The molecular weight excluding hydrogens is 234 g/mol. The number of benzene rings is 1. The first-order valence-corrected chi connectivity index (χ1v) is 7.70. The van der Waals surface area contributed by atoms with Crippen LogP contribution in [0.25, 0.3) is 0 Å². The molecule has 1 aliphatic carbocycles. The zero-order valence-corrected chi connectivity index (χ0v) is 12.2. The minimum absolute atomic E-state index is 0.818. The Hall–Kier alpha value is -1.18. The van der Waals surface area contributed by atoms with Crippen LogP contribution in [0, 0.1) is 18.8 Å². The lowest BCUT2D eigenvalue weighted by Gasteiger charge is -2.35. The molecule has 0 saturated heterocycles. The molecule has 1 N–H and O–H groups in total. The molecule has 0 radical (unpaired) electrons. The van der Waals surface area contributed by atoms with Crippen molar-refractivity contribution in [2.75, 3.05) is 19.0 Å². The highest BCUT2D eigenvalue weighted by atomic mass is 16.5. The van der Waals surface area contributed by atoms with Gasteiger partial charge in [-0.15, -0.1) is 0 Å². The van der Waals surface area contributed by atoms with Gasteiger partial charge in [-0.1, -0.05) is 38.2 Å². The second-order valence-corrected chi connectivity index (χ2v) is 6.18. The SMILES string of the molecule is COc1ccc(C)c2c1NCC(C1CCCCC1)C2. The third-order valence-corrected chi connectivity index (χ3v) is 5.05. The predicted octanol–water partition coefficient (Wildman–Crippen LogP) is 4.17. The lowest BCUT2D eigenvalue weighted by molar-refractivity contribution is 0.251. The normalized spacial score (nSPS) is 23.6. The fourth-order valence-electron chi connectivity index (χ4n) is 3.86. The highest BCUT2D eigenvalue weighted by Gasteiger charge is 2.29. The Morgan fingerprint density at radius 2 is 1.89 bits per heavy atom. The van der Waals surface area contributed by atoms with E-state index in [1.54, 1.807) is 7.11 Å². The molecule has 19 heavy (non-hydrogen) atoms. The van der Waals surface area contributed by atoms with Crippen LogP contribution in [0.4, 0.5) is 5.69 Å². The van der Waals surface area contributed by atoms with Crippen molar-refractivity contribution in [3.63, 3.8) is 0 Å². The number of fused-ring (bicyclic) bond motifs is 1. The molecule has 2 aliphatic rings. The van der Waals surface area contributed by atoms with Gasteiger partial charge in [0.2, 0.25) is 0 Å². The first-order chi connectivity index (χ1) is 9.29. The van der Waals surface area contributed by atoms with Crippen LogP contribution < -0.4 is 10.1 Å². The van der Waals surface area contributed by atoms with Gasteiger partial charge in [0.05, 0.1) is 12.8 Å². The average Bonchev–Trinajstić information content (AvgIpc) is 2.48. The van der Waals surface area contributed by atoms with Crippen LogP contribution >= 0.6 is 0 Å². The molecular formula is C17H25NO. The first-order valence-electron chi connectivity index (χ1n) is 7.70. The Balaban J connectivity index is 1.82. The largest absolute Gasteiger partial charge is 0.495 e. The molecule has 2 nitrogen and oxygen atoms in total. The molecule has 0 spiro atoms. The standard InChI is InChI=1S/C17H25NO/c1-12-8-9-16(19-2)17-15(12)10-14(11-18-17)13-6-4-3-5-7-13/h8-9,13-14,18H,3-7,10-11H2,1-2H3. The third-order valence-electron chi connectivity index (χ3n) is 5.05. The van der Waals surface area contributed by atoms with Crippen molar-refractivity contribution in [2.24, 2.45) is 11.8 Å². The zero-order chi connectivity index (χ0) is 13.2. The van der Waals surface area contributed by atoms with Crippen molar-refractivity contribution in [3.05, 3.63) is 23.3 Å². The van der Waals surface area contributed by atoms with Crippen molar-refractivity contribution < 1.29 is 4.74 Å². The van der Waals surface area contributed by atoms with E-state index in [0.717, 1.165) is 24.1 Å². The van der Waals surface area contributed by atoms with Crippen LogP contribution in [-0.4, -0.2) is 13.7 Å². The van der Waals surface area contributed by atoms with E-state index in [4.69, 9.17) is 4.74 Å². The van der Waals surface area contributed by atoms with E-state index in [0.29, 0.717) is 0 Å². The number of nitrogens with one attached hydrogen (secondary N) is 1. The van der Waals surface area contributed by atoms with Crippen molar-refractivity contribution in [2.45, 2.75) is 45.4 Å². The highest BCUT2D eigenvalue weighted by molar-refractivity contribution is 5.65. The number of anilines is 1. The van der Waals surface area contributed by atoms with Gasteiger partial charge in [-0.05, 0) is 42.4 Å². The van der Waals surface area contributed by atoms with Crippen LogP contribution in [0.5, 0.6) is 5.75 Å². The fraction of sp³-hybridized carbons (Fsp3) is 0.647. The number of ether oxygens (including phenoxy) is 1. The molecule has 1 heterocycles. The molecule has 1 aromatic rings. The van der Waals surface area contributed by atoms with Crippen LogP contribution in [0.1, 0.15) is 43.2 Å². The molecule has 1 unspecified atom stereocenters. The van der Waals surface area contributed by atoms with Crippen molar-refractivity contribution >= 4 is 5.69 Å². The van der Waals surface area contributed by atoms with Crippen LogP contribution in [-0.2, 0) is 6.42 Å². The summed E-state index contributed by atoms with van der Waals surface area (Å²) < 4.78 is 5.49. The maximum atomic E-state index is 5.49. The van der Waals surface area contributed by atoms with E-state index in [9.17, 15) is 0 Å². The molecule has 3 rings (SSSR count). The molecule has 0 amide bonds. The van der Waals surface area contributed by atoms with Gasteiger partial charge in [-0.3, -0.25) is 0 Å². The van der Waals surface area contributed by atoms with E-state index < -0.39 is 0 Å². The van der Waals surface area contributed by atoms with Gasteiger partial charge < -0.3 is 10.1 Å². The van der Waals surface area contributed by atoms with Gasteiger partial charge in [-0.25, -0.2) is 0 Å². The summed E-state index contributed by atoms with van der Waals surface area (Å²) in [6.07, 6.45) is 8.42. The Morgan fingerprint density at radius 1 is 1.11 bits per heavy atom. The van der Waals surface area contributed by atoms with Gasteiger partial charge in [-0.2, -0.15) is 0 Å². The van der Waals surface area contributed by atoms with Crippen molar-refractivity contribution in [1.29, 1.82) is 0 Å². The molecule has 0 aromatic heterocycles. The van der Waals surface area contributed by atoms with Crippen LogP contribution in [0.3, 0.4) is 0 Å². The Morgan fingerprint density at radius 3 is 2.63 bits per heavy atom. The highest BCUT2D eigenvalue weighted by Crippen LogP contribution is 2.40. The van der Waals surface area contributed by atoms with Crippen molar-refractivity contribution in [1.82, 2.24) is 0 Å². The van der Waals surface area contributed by atoms with E-state index in [-0.39, 0.29) is 0 Å². The van der Waals surface area contributed by atoms with Gasteiger partial charge in [0.25, 0.3) is 0 Å². The first kappa shape index (κ1) is 12.8. The number of aryl methyl sites for hydroxylation is 1. The van der Waals surface area contributed by atoms with Gasteiger partial charge in [0, 0.05) is 6.54 Å². The van der Waals surface area contributed by atoms with Crippen LogP contribution in [0.2, 0.25) is 0 Å². The van der Waals surface area contributed by atoms with E-state index >= 15 is 0 Å². The molecule has 0 bridgehead atoms. The quantitative estimate of drug-likeness (QED) is 0.860. The minimum Gasteiger partial charge on any atom is -0.495 e. The summed E-state index contributed by atoms with van der Waals surface area (Å²) in [4.78, 5) is 0.